The van der Waals surface area contributed by atoms with Gasteiger partial charge in [-0.05, 0) is 56.4 Å². The zero-order valence-corrected chi connectivity index (χ0v) is 13.0. The molecule has 1 aromatic carbocycles. The average molecular weight is 302 g/mol. The molecule has 0 spiro atoms. The van der Waals surface area contributed by atoms with E-state index >= 15 is 0 Å². The van der Waals surface area contributed by atoms with Gasteiger partial charge in [-0.25, -0.2) is 9.59 Å². The molecule has 118 valence electrons. The Balaban J connectivity index is 1.83. The zero-order valence-electron chi connectivity index (χ0n) is 13.0. The van der Waals surface area contributed by atoms with Gasteiger partial charge in [-0.1, -0.05) is 12.1 Å². The molecule has 1 aromatic rings. The number of hydrogen-bond acceptors (Lipinski definition) is 3. The Bertz CT molecular complexity index is 548. The summed E-state index contributed by atoms with van der Waals surface area (Å²) >= 11 is 0. The molecule has 0 bridgehead atoms. The number of benzene rings is 1. The second kappa shape index (κ2) is 7.64. The number of anilines is 1. The van der Waals surface area contributed by atoms with Gasteiger partial charge < -0.3 is 15.4 Å². The molecule has 0 aromatic heterocycles. The smallest absolute Gasteiger partial charge is 0.330 e. The van der Waals surface area contributed by atoms with Gasteiger partial charge in [-0.15, -0.1) is 0 Å². The maximum absolute atomic E-state index is 11.8. The van der Waals surface area contributed by atoms with E-state index in [1.54, 1.807) is 25.1 Å². The lowest BCUT2D eigenvalue weighted by Gasteiger charge is -2.13. The van der Waals surface area contributed by atoms with Gasteiger partial charge in [-0.2, -0.15) is 0 Å². The Morgan fingerprint density at radius 1 is 1.32 bits per heavy atom. The molecule has 1 atom stereocenters. The number of hydrogen-bond donors (Lipinski definition) is 2. The van der Waals surface area contributed by atoms with E-state index in [1.807, 2.05) is 19.1 Å². The SMILES string of the molecule is CCOC(=O)/C=C/c1ccc(NC(=O)NC(C)C2CC2)cc1. The van der Waals surface area contributed by atoms with Crippen LogP contribution in [0.5, 0.6) is 0 Å². The van der Waals surface area contributed by atoms with Crippen molar-refractivity contribution in [1.29, 1.82) is 0 Å². The molecule has 1 unspecified atom stereocenters. The minimum absolute atomic E-state index is 0.186. The van der Waals surface area contributed by atoms with E-state index in [-0.39, 0.29) is 18.0 Å². The van der Waals surface area contributed by atoms with E-state index in [2.05, 4.69) is 10.6 Å². The van der Waals surface area contributed by atoms with Crippen LogP contribution in [0.15, 0.2) is 30.3 Å². The van der Waals surface area contributed by atoms with Crippen LogP contribution in [0.3, 0.4) is 0 Å². The van der Waals surface area contributed by atoms with Crippen LogP contribution in [0.4, 0.5) is 10.5 Å². The molecule has 2 N–H and O–H groups in total. The number of urea groups is 1. The van der Waals surface area contributed by atoms with Crippen LogP contribution >= 0.6 is 0 Å². The molecule has 0 radical (unpaired) electrons. The highest BCUT2D eigenvalue weighted by Crippen LogP contribution is 2.32. The van der Waals surface area contributed by atoms with Crippen molar-refractivity contribution in [1.82, 2.24) is 5.32 Å². The van der Waals surface area contributed by atoms with Gasteiger partial charge >= 0.3 is 12.0 Å². The Kier molecular flexibility index (Phi) is 5.58. The summed E-state index contributed by atoms with van der Waals surface area (Å²) in [5, 5.41) is 5.74. The molecule has 2 amide bonds. The number of rotatable bonds is 6. The summed E-state index contributed by atoms with van der Waals surface area (Å²) in [5.41, 5.74) is 1.58. The third-order valence-electron chi connectivity index (χ3n) is 3.55. The number of carbonyl (C=O) groups is 2. The molecule has 5 heteroatoms. The van der Waals surface area contributed by atoms with E-state index < -0.39 is 0 Å². The lowest BCUT2D eigenvalue weighted by atomic mass is 10.2. The van der Waals surface area contributed by atoms with Crippen LogP contribution in [0, 0.1) is 5.92 Å². The molecule has 22 heavy (non-hydrogen) atoms. The summed E-state index contributed by atoms with van der Waals surface area (Å²) in [5.74, 6) is 0.263. The third-order valence-corrected chi connectivity index (χ3v) is 3.55. The highest BCUT2D eigenvalue weighted by Gasteiger charge is 2.28. The molecule has 5 nitrogen and oxygen atoms in total. The number of ether oxygens (including phenoxy) is 1. The lowest BCUT2D eigenvalue weighted by Crippen LogP contribution is -2.37. The predicted octanol–water partition coefficient (Wildman–Crippen LogP) is 3.18. The predicted molar refractivity (Wildman–Crippen MR) is 86.4 cm³/mol. The zero-order chi connectivity index (χ0) is 15.9. The average Bonchev–Trinajstić information content (AvgIpc) is 3.31. The highest BCUT2D eigenvalue weighted by molar-refractivity contribution is 5.90. The summed E-state index contributed by atoms with van der Waals surface area (Å²) < 4.78 is 4.81. The molecule has 2 rings (SSSR count). The largest absolute Gasteiger partial charge is 0.463 e. The minimum Gasteiger partial charge on any atom is -0.463 e. The Hall–Kier alpha value is -2.30. The maximum Gasteiger partial charge on any atom is 0.330 e. The lowest BCUT2D eigenvalue weighted by molar-refractivity contribution is -0.137. The molecule has 1 aliphatic carbocycles. The number of esters is 1. The van der Waals surface area contributed by atoms with Crippen LogP contribution in [0.2, 0.25) is 0 Å². The molecular weight excluding hydrogens is 280 g/mol. The molecule has 1 aliphatic rings. The van der Waals surface area contributed by atoms with Crippen molar-refractivity contribution in [3.8, 4) is 0 Å². The van der Waals surface area contributed by atoms with Crippen molar-refractivity contribution >= 4 is 23.8 Å². The summed E-state index contributed by atoms with van der Waals surface area (Å²) in [4.78, 5) is 23.0. The summed E-state index contributed by atoms with van der Waals surface area (Å²) in [6.45, 7) is 4.16. The van der Waals surface area contributed by atoms with Crippen LogP contribution in [0.25, 0.3) is 6.08 Å². The first-order valence-corrected chi connectivity index (χ1v) is 7.61. The van der Waals surface area contributed by atoms with Crippen LogP contribution in [0.1, 0.15) is 32.3 Å². The van der Waals surface area contributed by atoms with Gasteiger partial charge in [0.05, 0.1) is 6.61 Å². The number of nitrogens with one attached hydrogen (secondary N) is 2. The topological polar surface area (TPSA) is 67.4 Å². The summed E-state index contributed by atoms with van der Waals surface area (Å²) in [6, 6.07) is 7.28. The number of amides is 2. The van der Waals surface area contributed by atoms with Gasteiger partial charge in [0.15, 0.2) is 0 Å². The van der Waals surface area contributed by atoms with Gasteiger partial charge in [0.2, 0.25) is 0 Å². The van der Waals surface area contributed by atoms with E-state index in [4.69, 9.17) is 4.74 Å². The first kappa shape index (κ1) is 16.1. The quantitative estimate of drug-likeness (QED) is 0.626. The van der Waals surface area contributed by atoms with Crippen molar-refractivity contribution < 1.29 is 14.3 Å². The fourth-order valence-electron chi connectivity index (χ4n) is 2.12. The second-order valence-electron chi connectivity index (χ2n) is 5.43. The van der Waals surface area contributed by atoms with Crippen molar-refractivity contribution in [2.24, 2.45) is 5.92 Å². The van der Waals surface area contributed by atoms with Crippen molar-refractivity contribution in [2.45, 2.75) is 32.7 Å². The first-order valence-electron chi connectivity index (χ1n) is 7.61. The van der Waals surface area contributed by atoms with E-state index in [9.17, 15) is 9.59 Å². The van der Waals surface area contributed by atoms with E-state index in [1.165, 1.54) is 18.9 Å². The number of carbonyl (C=O) groups excluding carboxylic acids is 2. The van der Waals surface area contributed by atoms with Crippen LogP contribution in [-0.4, -0.2) is 24.6 Å². The van der Waals surface area contributed by atoms with E-state index in [0.29, 0.717) is 18.2 Å². The van der Waals surface area contributed by atoms with Crippen molar-refractivity contribution in [3.63, 3.8) is 0 Å². The highest BCUT2D eigenvalue weighted by atomic mass is 16.5. The van der Waals surface area contributed by atoms with Gasteiger partial charge in [0.1, 0.15) is 0 Å². The molecule has 0 heterocycles. The Morgan fingerprint density at radius 2 is 2.00 bits per heavy atom. The van der Waals surface area contributed by atoms with Gasteiger partial charge in [0.25, 0.3) is 0 Å². The Labute approximate surface area is 130 Å². The molecule has 0 aliphatic heterocycles. The van der Waals surface area contributed by atoms with Gasteiger partial charge in [-0.3, -0.25) is 0 Å². The third kappa shape index (κ3) is 5.24. The first-order chi connectivity index (χ1) is 10.6. The van der Waals surface area contributed by atoms with Gasteiger partial charge in [0, 0.05) is 17.8 Å². The summed E-state index contributed by atoms with van der Waals surface area (Å²) in [7, 11) is 0. The monoisotopic (exact) mass is 302 g/mol. The molecular formula is C17H22N2O3. The van der Waals surface area contributed by atoms with Crippen LogP contribution in [-0.2, 0) is 9.53 Å². The fraction of sp³-hybridized carbons (Fsp3) is 0.412. The minimum atomic E-state index is -0.363. The molecule has 0 saturated heterocycles. The normalized spacial score (nSPS) is 15.4. The standard InChI is InChI=1S/C17H22N2O3/c1-3-22-16(20)11-6-13-4-9-15(10-5-13)19-17(21)18-12(2)14-7-8-14/h4-6,9-12,14H,3,7-8H2,1-2H3,(H2,18,19,21)/b11-6+. The summed E-state index contributed by atoms with van der Waals surface area (Å²) in [6.07, 6.45) is 5.46. The maximum atomic E-state index is 11.8. The fourth-order valence-corrected chi connectivity index (χ4v) is 2.12. The Morgan fingerprint density at radius 3 is 2.59 bits per heavy atom. The van der Waals surface area contributed by atoms with Crippen LogP contribution < -0.4 is 10.6 Å². The van der Waals surface area contributed by atoms with Crippen molar-refractivity contribution in [3.05, 3.63) is 35.9 Å². The molecule has 1 saturated carbocycles. The molecule has 1 fully saturated rings. The van der Waals surface area contributed by atoms with Crippen molar-refractivity contribution in [2.75, 3.05) is 11.9 Å². The second-order valence-corrected chi connectivity index (χ2v) is 5.43. The van der Waals surface area contributed by atoms with E-state index in [0.717, 1.165) is 5.56 Å².